The van der Waals surface area contributed by atoms with Crippen molar-refractivity contribution < 1.29 is 0 Å². The Balaban J connectivity index is 4.64. The van der Waals surface area contributed by atoms with Gasteiger partial charge in [0.2, 0.25) is 0 Å². The predicted molar refractivity (Wildman–Crippen MR) is 50.7 cm³/mol. The highest BCUT2D eigenvalue weighted by atomic mass is 14.6. The first-order valence-corrected chi connectivity index (χ1v) is 3.55. The maximum absolute atomic E-state index is 7.08. The summed E-state index contributed by atoms with van der Waals surface area (Å²) >= 11 is 0. The van der Waals surface area contributed by atoms with Crippen molar-refractivity contribution in [2.24, 2.45) is 4.99 Å². The Morgan fingerprint density at radius 2 is 1.73 bits per heavy atom. The number of aliphatic imine (C=N–C) groups is 1. The summed E-state index contributed by atoms with van der Waals surface area (Å²) in [5.41, 5.74) is 1.89. The molecule has 0 rings (SSSR count). The van der Waals surface area contributed by atoms with E-state index in [9.17, 15) is 0 Å². The third-order valence-electron chi connectivity index (χ3n) is 1.38. The van der Waals surface area contributed by atoms with Gasteiger partial charge in [0.25, 0.3) is 0 Å². The number of allylic oxidation sites excluding steroid dienone is 4. The standard InChI is InChI=1S/C9H14N2/c1-4-8(6-10)9(5-2)7-11-3/h4-7,10H,1-3H3/b8-4+,9-5+,10-6?,11-7?. The van der Waals surface area contributed by atoms with E-state index in [1.807, 2.05) is 26.0 Å². The zero-order valence-electron chi connectivity index (χ0n) is 7.26. The predicted octanol–water partition coefficient (Wildman–Crippen LogP) is 2.23. The van der Waals surface area contributed by atoms with Gasteiger partial charge in [-0.1, -0.05) is 12.2 Å². The molecule has 11 heavy (non-hydrogen) atoms. The fraction of sp³-hybridized carbons (Fsp3) is 0.333. The molecule has 0 aromatic rings. The largest absolute Gasteiger partial charge is 0.308 e. The number of nitrogens with one attached hydrogen (secondary N) is 1. The topological polar surface area (TPSA) is 36.2 Å². The van der Waals surface area contributed by atoms with Crippen LogP contribution >= 0.6 is 0 Å². The third-order valence-corrected chi connectivity index (χ3v) is 1.38. The highest BCUT2D eigenvalue weighted by molar-refractivity contribution is 5.97. The van der Waals surface area contributed by atoms with Gasteiger partial charge in [-0.05, 0) is 25.0 Å². The summed E-state index contributed by atoms with van der Waals surface area (Å²) in [7, 11) is 1.72. The zero-order valence-corrected chi connectivity index (χ0v) is 7.26. The van der Waals surface area contributed by atoms with Gasteiger partial charge in [0.15, 0.2) is 0 Å². The van der Waals surface area contributed by atoms with Gasteiger partial charge in [-0.25, -0.2) is 0 Å². The van der Waals surface area contributed by atoms with Crippen LogP contribution in [0.5, 0.6) is 0 Å². The summed E-state index contributed by atoms with van der Waals surface area (Å²) in [5.74, 6) is 0. The second-order valence-corrected chi connectivity index (χ2v) is 2.02. The molecule has 0 aliphatic heterocycles. The van der Waals surface area contributed by atoms with Crippen LogP contribution in [0.3, 0.4) is 0 Å². The molecule has 0 atom stereocenters. The molecule has 0 aromatic carbocycles. The lowest BCUT2D eigenvalue weighted by molar-refractivity contribution is 1.44. The van der Waals surface area contributed by atoms with Crippen molar-refractivity contribution in [2.45, 2.75) is 13.8 Å². The van der Waals surface area contributed by atoms with Crippen LogP contribution in [0.1, 0.15) is 13.8 Å². The summed E-state index contributed by atoms with van der Waals surface area (Å²) in [6, 6.07) is 0. The van der Waals surface area contributed by atoms with Crippen molar-refractivity contribution in [3.8, 4) is 0 Å². The molecule has 0 aliphatic carbocycles. The average Bonchev–Trinajstić information content (AvgIpc) is 2.05. The Bertz CT molecular complexity index is 210. The fourth-order valence-corrected chi connectivity index (χ4v) is 0.788. The van der Waals surface area contributed by atoms with Crippen molar-refractivity contribution in [1.82, 2.24) is 0 Å². The SMILES string of the molecule is C/C=C(C=N)/C(C=NC)=C/C. The van der Waals surface area contributed by atoms with E-state index in [4.69, 9.17) is 5.41 Å². The third kappa shape index (κ3) is 2.94. The van der Waals surface area contributed by atoms with E-state index in [1.54, 1.807) is 13.3 Å². The Kier molecular flexibility index (Phi) is 4.99. The van der Waals surface area contributed by atoms with E-state index in [2.05, 4.69) is 4.99 Å². The first-order chi connectivity index (χ1) is 5.29. The molecule has 2 nitrogen and oxygen atoms in total. The first kappa shape index (κ1) is 9.82. The lowest BCUT2D eigenvalue weighted by atomic mass is 10.1. The summed E-state index contributed by atoms with van der Waals surface area (Å²) in [5, 5.41) is 7.08. The van der Waals surface area contributed by atoms with E-state index in [0.29, 0.717) is 0 Å². The van der Waals surface area contributed by atoms with Gasteiger partial charge in [0.1, 0.15) is 0 Å². The monoisotopic (exact) mass is 150 g/mol. The van der Waals surface area contributed by atoms with Gasteiger partial charge in [-0.3, -0.25) is 4.99 Å². The van der Waals surface area contributed by atoms with E-state index >= 15 is 0 Å². The van der Waals surface area contributed by atoms with Crippen molar-refractivity contribution in [1.29, 1.82) is 5.41 Å². The van der Waals surface area contributed by atoms with Crippen LogP contribution in [0.4, 0.5) is 0 Å². The molecule has 0 unspecified atom stereocenters. The Labute approximate surface area is 67.9 Å². The molecule has 0 amide bonds. The van der Waals surface area contributed by atoms with Crippen LogP contribution in [0.15, 0.2) is 28.3 Å². The number of nitrogens with zero attached hydrogens (tertiary/aromatic N) is 1. The van der Waals surface area contributed by atoms with Crippen molar-refractivity contribution in [3.63, 3.8) is 0 Å². The van der Waals surface area contributed by atoms with Crippen LogP contribution in [-0.2, 0) is 0 Å². The molecule has 0 spiro atoms. The molecule has 0 bridgehead atoms. The van der Waals surface area contributed by atoms with Crippen LogP contribution in [0, 0.1) is 5.41 Å². The van der Waals surface area contributed by atoms with Gasteiger partial charge >= 0.3 is 0 Å². The Morgan fingerprint density at radius 3 is 2.00 bits per heavy atom. The van der Waals surface area contributed by atoms with Crippen molar-refractivity contribution in [2.75, 3.05) is 7.05 Å². The molecule has 0 heterocycles. The summed E-state index contributed by atoms with van der Waals surface area (Å²) < 4.78 is 0. The van der Waals surface area contributed by atoms with Crippen molar-refractivity contribution >= 4 is 12.4 Å². The maximum atomic E-state index is 7.08. The van der Waals surface area contributed by atoms with E-state index in [-0.39, 0.29) is 0 Å². The quantitative estimate of drug-likeness (QED) is 0.473. The van der Waals surface area contributed by atoms with E-state index in [0.717, 1.165) is 11.1 Å². The van der Waals surface area contributed by atoms with Gasteiger partial charge in [0, 0.05) is 19.5 Å². The van der Waals surface area contributed by atoms with Crippen LogP contribution in [0.25, 0.3) is 0 Å². The highest BCUT2D eigenvalue weighted by Crippen LogP contribution is 2.03. The van der Waals surface area contributed by atoms with Crippen LogP contribution < -0.4 is 0 Å². The molecule has 60 valence electrons. The van der Waals surface area contributed by atoms with Gasteiger partial charge in [-0.2, -0.15) is 0 Å². The minimum atomic E-state index is 0.901. The van der Waals surface area contributed by atoms with E-state index in [1.165, 1.54) is 6.21 Å². The van der Waals surface area contributed by atoms with E-state index < -0.39 is 0 Å². The molecular formula is C9H14N2. The Hall–Kier alpha value is -1.18. The summed E-state index contributed by atoms with van der Waals surface area (Å²) in [6.07, 6.45) is 6.91. The molecule has 2 heteroatoms. The Morgan fingerprint density at radius 1 is 1.18 bits per heavy atom. The van der Waals surface area contributed by atoms with Crippen molar-refractivity contribution in [3.05, 3.63) is 23.3 Å². The molecular weight excluding hydrogens is 136 g/mol. The van der Waals surface area contributed by atoms with Crippen LogP contribution in [-0.4, -0.2) is 19.5 Å². The van der Waals surface area contributed by atoms with Gasteiger partial charge < -0.3 is 5.41 Å². The average molecular weight is 150 g/mol. The molecule has 0 aromatic heterocycles. The normalized spacial score (nSPS) is 14.1. The smallest absolute Gasteiger partial charge is 0.0284 e. The zero-order chi connectivity index (χ0) is 8.69. The number of hydrogen-bond donors (Lipinski definition) is 1. The van der Waals surface area contributed by atoms with Gasteiger partial charge in [-0.15, -0.1) is 0 Å². The molecule has 0 fully saturated rings. The molecule has 0 saturated heterocycles. The number of hydrogen-bond acceptors (Lipinski definition) is 2. The lowest BCUT2D eigenvalue weighted by Gasteiger charge is -1.98. The number of rotatable bonds is 3. The second-order valence-electron chi connectivity index (χ2n) is 2.02. The molecule has 1 N–H and O–H groups in total. The lowest BCUT2D eigenvalue weighted by Crippen LogP contribution is -1.91. The summed E-state index contributed by atoms with van der Waals surface area (Å²) in [6.45, 7) is 3.84. The van der Waals surface area contributed by atoms with Crippen LogP contribution in [0.2, 0.25) is 0 Å². The summed E-state index contributed by atoms with van der Waals surface area (Å²) in [4.78, 5) is 3.89. The van der Waals surface area contributed by atoms with Gasteiger partial charge in [0.05, 0.1) is 0 Å². The fourth-order valence-electron chi connectivity index (χ4n) is 0.788. The molecule has 0 saturated carbocycles. The maximum Gasteiger partial charge on any atom is 0.0284 e. The minimum absolute atomic E-state index is 0.901. The molecule has 0 radical (unpaired) electrons. The second kappa shape index (κ2) is 5.59. The first-order valence-electron chi connectivity index (χ1n) is 3.55. The highest BCUT2D eigenvalue weighted by Gasteiger charge is 1.94. The molecule has 0 aliphatic rings. The minimum Gasteiger partial charge on any atom is -0.308 e.